The molecule has 1 aliphatic heterocycles. The molecule has 2 aliphatic rings. The van der Waals surface area contributed by atoms with Crippen molar-refractivity contribution >= 4 is 0 Å². The fourth-order valence-corrected chi connectivity index (χ4v) is 3.96. The predicted molar refractivity (Wildman–Crippen MR) is 84.9 cm³/mol. The zero-order valence-corrected chi connectivity index (χ0v) is 13.1. The monoisotopic (exact) mass is 272 g/mol. The van der Waals surface area contributed by atoms with E-state index in [1.165, 1.54) is 32.2 Å². The topological polar surface area (TPSA) is 15.3 Å². The van der Waals surface area contributed by atoms with Crippen LogP contribution >= 0.6 is 0 Å². The molecule has 1 saturated heterocycles. The lowest BCUT2D eigenvalue weighted by molar-refractivity contribution is 0.114. The van der Waals surface area contributed by atoms with Crippen molar-refractivity contribution < 1.29 is 0 Å². The Morgan fingerprint density at radius 2 is 2.00 bits per heavy atom. The summed E-state index contributed by atoms with van der Waals surface area (Å²) < 4.78 is 0. The summed E-state index contributed by atoms with van der Waals surface area (Å²) in [6, 6.07) is 10.9. The van der Waals surface area contributed by atoms with Gasteiger partial charge in [-0.2, -0.15) is 0 Å². The molecule has 110 valence electrons. The van der Waals surface area contributed by atoms with Gasteiger partial charge in [-0.25, -0.2) is 0 Å². The Hall–Kier alpha value is -0.860. The van der Waals surface area contributed by atoms with Crippen LogP contribution < -0.4 is 5.32 Å². The van der Waals surface area contributed by atoms with Gasteiger partial charge in [-0.3, -0.25) is 0 Å². The summed E-state index contributed by atoms with van der Waals surface area (Å²) in [7, 11) is 2.26. The quantitative estimate of drug-likeness (QED) is 0.888. The minimum Gasteiger partial charge on any atom is -0.307 e. The second-order valence-corrected chi connectivity index (χ2v) is 6.92. The molecule has 0 bridgehead atoms. The molecular formula is C18H28N2. The molecule has 1 heterocycles. The molecule has 0 saturated carbocycles. The summed E-state index contributed by atoms with van der Waals surface area (Å²) in [4.78, 5) is 2.50. The molecule has 1 fully saturated rings. The molecule has 2 heteroatoms. The number of likely N-dealkylation sites (tertiary alicyclic amines) is 1. The lowest BCUT2D eigenvalue weighted by Gasteiger charge is -2.42. The first-order valence-electron chi connectivity index (χ1n) is 8.19. The number of nitrogens with zero attached hydrogens (tertiary/aromatic N) is 1. The maximum Gasteiger partial charge on any atom is 0.0325 e. The van der Waals surface area contributed by atoms with Crippen LogP contribution in [0.3, 0.4) is 0 Å². The smallest absolute Gasteiger partial charge is 0.0325 e. The van der Waals surface area contributed by atoms with Crippen LogP contribution in [0.5, 0.6) is 0 Å². The molecule has 20 heavy (non-hydrogen) atoms. The lowest BCUT2D eigenvalue weighted by Crippen LogP contribution is -2.51. The lowest BCUT2D eigenvalue weighted by atomic mass is 9.84. The first kappa shape index (κ1) is 14.1. The molecule has 0 aromatic heterocycles. The molecule has 4 unspecified atom stereocenters. The second kappa shape index (κ2) is 5.87. The third kappa shape index (κ3) is 2.77. The van der Waals surface area contributed by atoms with Crippen LogP contribution in [-0.2, 0) is 6.42 Å². The summed E-state index contributed by atoms with van der Waals surface area (Å²) in [6.45, 7) is 5.97. The molecule has 3 rings (SSSR count). The highest BCUT2D eigenvalue weighted by atomic mass is 15.2. The first-order chi connectivity index (χ1) is 9.65. The van der Waals surface area contributed by atoms with Crippen LogP contribution in [-0.4, -0.2) is 30.6 Å². The van der Waals surface area contributed by atoms with Crippen LogP contribution in [0.4, 0.5) is 0 Å². The number of fused-ring (bicyclic) bond motifs is 1. The van der Waals surface area contributed by atoms with Gasteiger partial charge in [0.25, 0.3) is 0 Å². The van der Waals surface area contributed by atoms with Crippen LogP contribution in [0.25, 0.3) is 0 Å². The standard InChI is InChI=1S/C18H28N2/c1-13-12-20(3)14(2)11-18(13)19-17-10-6-8-15-7-4-5-9-16(15)17/h4-5,7,9,13-14,17-19H,6,8,10-12H2,1-3H3. The maximum atomic E-state index is 3.99. The average Bonchev–Trinajstić information content (AvgIpc) is 2.45. The van der Waals surface area contributed by atoms with Crippen LogP contribution in [0.1, 0.15) is 50.3 Å². The van der Waals surface area contributed by atoms with Crippen molar-refractivity contribution in [3.8, 4) is 0 Å². The predicted octanol–water partition coefficient (Wildman–Crippen LogP) is 3.38. The maximum absolute atomic E-state index is 3.99. The van der Waals surface area contributed by atoms with Gasteiger partial charge in [0, 0.05) is 24.7 Å². The zero-order chi connectivity index (χ0) is 14.1. The van der Waals surface area contributed by atoms with Crippen molar-refractivity contribution in [2.45, 2.75) is 57.7 Å². The van der Waals surface area contributed by atoms with E-state index in [1.807, 2.05) is 0 Å². The molecule has 1 aromatic carbocycles. The van der Waals surface area contributed by atoms with Crippen molar-refractivity contribution in [3.05, 3.63) is 35.4 Å². The first-order valence-corrected chi connectivity index (χ1v) is 8.19. The number of piperidine rings is 1. The largest absolute Gasteiger partial charge is 0.307 e. The Morgan fingerprint density at radius 3 is 2.85 bits per heavy atom. The number of aryl methyl sites for hydroxylation is 1. The van der Waals surface area contributed by atoms with Gasteiger partial charge < -0.3 is 10.2 Å². The summed E-state index contributed by atoms with van der Waals surface area (Å²) in [5.41, 5.74) is 3.11. The minimum absolute atomic E-state index is 0.572. The second-order valence-electron chi connectivity index (χ2n) is 6.92. The fourth-order valence-electron chi connectivity index (χ4n) is 3.96. The molecule has 2 nitrogen and oxygen atoms in total. The molecule has 1 aliphatic carbocycles. The highest BCUT2D eigenvalue weighted by Crippen LogP contribution is 2.32. The molecule has 1 N–H and O–H groups in total. The Morgan fingerprint density at radius 1 is 1.20 bits per heavy atom. The Labute approximate surface area is 123 Å². The van der Waals surface area contributed by atoms with E-state index in [4.69, 9.17) is 0 Å². The van der Waals surface area contributed by atoms with Crippen molar-refractivity contribution in [2.24, 2.45) is 5.92 Å². The molecule has 0 spiro atoms. The number of nitrogens with one attached hydrogen (secondary N) is 1. The Bertz CT molecular complexity index is 456. The number of hydrogen-bond donors (Lipinski definition) is 1. The number of benzene rings is 1. The van der Waals surface area contributed by atoms with E-state index in [2.05, 4.69) is 55.4 Å². The SMILES string of the molecule is CC1CN(C)C(C)CC1NC1CCCc2ccccc21. The van der Waals surface area contributed by atoms with E-state index in [-0.39, 0.29) is 0 Å². The van der Waals surface area contributed by atoms with Gasteiger partial charge in [-0.15, -0.1) is 0 Å². The minimum atomic E-state index is 0.572. The van der Waals surface area contributed by atoms with Gasteiger partial charge in [0.2, 0.25) is 0 Å². The molecular weight excluding hydrogens is 244 g/mol. The summed E-state index contributed by atoms with van der Waals surface area (Å²) in [6.07, 6.45) is 5.15. The third-order valence-electron chi connectivity index (χ3n) is 5.40. The normalized spacial score (nSPS) is 34.8. The van der Waals surface area contributed by atoms with Crippen molar-refractivity contribution in [3.63, 3.8) is 0 Å². The van der Waals surface area contributed by atoms with E-state index in [0.717, 1.165) is 5.92 Å². The van der Waals surface area contributed by atoms with E-state index < -0.39 is 0 Å². The highest BCUT2D eigenvalue weighted by Gasteiger charge is 2.31. The van der Waals surface area contributed by atoms with Crippen molar-refractivity contribution in [2.75, 3.05) is 13.6 Å². The van der Waals surface area contributed by atoms with Gasteiger partial charge >= 0.3 is 0 Å². The Balaban J connectivity index is 1.72. The van der Waals surface area contributed by atoms with Crippen molar-refractivity contribution in [1.29, 1.82) is 0 Å². The van der Waals surface area contributed by atoms with Gasteiger partial charge in [0.05, 0.1) is 0 Å². The van der Waals surface area contributed by atoms with Gasteiger partial charge in [-0.05, 0) is 56.7 Å². The third-order valence-corrected chi connectivity index (χ3v) is 5.40. The van der Waals surface area contributed by atoms with Gasteiger partial charge in [-0.1, -0.05) is 31.2 Å². The summed E-state index contributed by atoms with van der Waals surface area (Å²) in [5.74, 6) is 0.741. The fraction of sp³-hybridized carbons (Fsp3) is 0.667. The molecule has 0 radical (unpaired) electrons. The van der Waals surface area contributed by atoms with Crippen molar-refractivity contribution in [1.82, 2.24) is 10.2 Å². The van der Waals surface area contributed by atoms with Crippen LogP contribution in [0.2, 0.25) is 0 Å². The summed E-state index contributed by atoms with van der Waals surface area (Å²) in [5, 5.41) is 3.99. The van der Waals surface area contributed by atoms with E-state index >= 15 is 0 Å². The average molecular weight is 272 g/mol. The van der Waals surface area contributed by atoms with E-state index in [9.17, 15) is 0 Å². The molecule has 1 aromatic rings. The van der Waals surface area contributed by atoms with Gasteiger partial charge in [0.1, 0.15) is 0 Å². The van der Waals surface area contributed by atoms with Gasteiger partial charge in [0.15, 0.2) is 0 Å². The number of hydrogen-bond acceptors (Lipinski definition) is 2. The highest BCUT2D eigenvalue weighted by molar-refractivity contribution is 5.32. The van der Waals surface area contributed by atoms with E-state index in [0.29, 0.717) is 18.1 Å². The zero-order valence-electron chi connectivity index (χ0n) is 13.1. The number of rotatable bonds is 2. The molecule has 0 amide bonds. The van der Waals surface area contributed by atoms with Crippen LogP contribution in [0, 0.1) is 5.92 Å². The van der Waals surface area contributed by atoms with E-state index in [1.54, 1.807) is 11.1 Å². The summed E-state index contributed by atoms with van der Waals surface area (Å²) >= 11 is 0. The van der Waals surface area contributed by atoms with Crippen LogP contribution in [0.15, 0.2) is 24.3 Å². The molecule has 4 atom stereocenters. The Kier molecular flexibility index (Phi) is 4.13.